The number of hydrogen-bond acceptors (Lipinski definition) is 3. The lowest BCUT2D eigenvalue weighted by molar-refractivity contribution is -0.133. The maximum Gasteiger partial charge on any atom is 0.239 e. The van der Waals surface area contributed by atoms with E-state index in [0.29, 0.717) is 0 Å². The highest BCUT2D eigenvalue weighted by atomic mass is 35.5. The largest absolute Gasteiger partial charge is 0.368 e. The molecule has 0 aliphatic carbocycles. The molecule has 4 nitrogen and oxygen atoms in total. The molecule has 2 aliphatic heterocycles. The summed E-state index contributed by atoms with van der Waals surface area (Å²) >= 11 is 5.91. The third-order valence-electron chi connectivity index (χ3n) is 4.14. The molecule has 5 heteroatoms. The van der Waals surface area contributed by atoms with E-state index in [1.165, 1.54) is 5.69 Å². The fourth-order valence-corrected chi connectivity index (χ4v) is 3.08. The Morgan fingerprint density at radius 1 is 1.15 bits per heavy atom. The Balaban J connectivity index is 1.56. The van der Waals surface area contributed by atoms with Crippen LogP contribution in [0.5, 0.6) is 0 Å². The molecular weight excluding hydrogens is 274 g/mol. The Labute approximate surface area is 124 Å². The van der Waals surface area contributed by atoms with Gasteiger partial charge in [-0.3, -0.25) is 4.79 Å². The number of rotatable bonds is 2. The Hall–Kier alpha value is -1.26. The van der Waals surface area contributed by atoms with Gasteiger partial charge < -0.3 is 15.1 Å². The SMILES string of the molecule is O=C([C@H]1CCCN1)N1CCN(c2ccc(Cl)cc2)CC1. The van der Waals surface area contributed by atoms with Crippen LogP contribution in [0.15, 0.2) is 24.3 Å². The number of carbonyl (C=O) groups excluding carboxylic acids is 1. The molecule has 0 radical (unpaired) electrons. The smallest absolute Gasteiger partial charge is 0.239 e. The molecule has 3 rings (SSSR count). The van der Waals surface area contributed by atoms with Crippen molar-refractivity contribution >= 4 is 23.2 Å². The lowest BCUT2D eigenvalue weighted by Crippen LogP contribution is -2.53. The van der Waals surface area contributed by atoms with Crippen molar-refractivity contribution < 1.29 is 4.79 Å². The first-order valence-electron chi connectivity index (χ1n) is 7.27. The van der Waals surface area contributed by atoms with Gasteiger partial charge >= 0.3 is 0 Å². The predicted octanol–water partition coefficient (Wildman–Crippen LogP) is 1.74. The number of piperazine rings is 1. The van der Waals surface area contributed by atoms with E-state index < -0.39 is 0 Å². The molecule has 2 fully saturated rings. The van der Waals surface area contributed by atoms with Gasteiger partial charge in [-0.1, -0.05) is 11.6 Å². The molecule has 2 aliphatic rings. The highest BCUT2D eigenvalue weighted by Gasteiger charge is 2.29. The number of amides is 1. The molecular formula is C15H20ClN3O. The highest BCUT2D eigenvalue weighted by Crippen LogP contribution is 2.20. The zero-order chi connectivity index (χ0) is 13.9. The summed E-state index contributed by atoms with van der Waals surface area (Å²) in [5, 5.41) is 4.04. The maximum absolute atomic E-state index is 12.3. The van der Waals surface area contributed by atoms with Crippen LogP contribution in [0.1, 0.15) is 12.8 Å². The molecule has 1 atom stereocenters. The molecule has 2 heterocycles. The maximum atomic E-state index is 12.3. The molecule has 1 aromatic rings. The van der Waals surface area contributed by atoms with Gasteiger partial charge in [0.25, 0.3) is 0 Å². The van der Waals surface area contributed by atoms with Crippen molar-refractivity contribution in [2.24, 2.45) is 0 Å². The molecule has 1 N–H and O–H groups in total. The summed E-state index contributed by atoms with van der Waals surface area (Å²) in [5.41, 5.74) is 1.18. The minimum atomic E-state index is 0.0529. The van der Waals surface area contributed by atoms with Crippen LogP contribution in [0.4, 0.5) is 5.69 Å². The van der Waals surface area contributed by atoms with E-state index in [1.807, 2.05) is 29.2 Å². The zero-order valence-electron chi connectivity index (χ0n) is 11.5. The molecule has 0 bridgehead atoms. The number of carbonyl (C=O) groups is 1. The number of anilines is 1. The zero-order valence-corrected chi connectivity index (χ0v) is 12.3. The summed E-state index contributed by atoms with van der Waals surface area (Å²) in [4.78, 5) is 16.6. The standard InChI is InChI=1S/C15H20ClN3O/c16-12-3-5-13(6-4-12)18-8-10-19(11-9-18)15(20)14-2-1-7-17-14/h3-6,14,17H,1-2,7-11H2/t14-/m1/s1. The molecule has 2 saturated heterocycles. The summed E-state index contributed by atoms with van der Waals surface area (Å²) in [5.74, 6) is 0.276. The van der Waals surface area contributed by atoms with Crippen LogP contribution in [0.3, 0.4) is 0 Å². The summed E-state index contributed by atoms with van der Waals surface area (Å²) in [6.45, 7) is 4.36. The fourth-order valence-electron chi connectivity index (χ4n) is 2.95. The number of benzene rings is 1. The van der Waals surface area contributed by atoms with Crippen molar-refractivity contribution in [2.45, 2.75) is 18.9 Å². The normalized spacial score (nSPS) is 23.1. The van der Waals surface area contributed by atoms with Gasteiger partial charge in [0.15, 0.2) is 0 Å². The molecule has 0 unspecified atom stereocenters. The average Bonchev–Trinajstić information content (AvgIpc) is 3.02. The van der Waals surface area contributed by atoms with Crippen LogP contribution in [0.2, 0.25) is 5.02 Å². The molecule has 0 aromatic heterocycles. The van der Waals surface area contributed by atoms with Crippen LogP contribution >= 0.6 is 11.6 Å². The van der Waals surface area contributed by atoms with Gasteiger partial charge in [-0.25, -0.2) is 0 Å². The fraction of sp³-hybridized carbons (Fsp3) is 0.533. The van der Waals surface area contributed by atoms with E-state index in [9.17, 15) is 4.79 Å². The number of hydrogen-bond donors (Lipinski definition) is 1. The number of nitrogens with one attached hydrogen (secondary N) is 1. The van der Waals surface area contributed by atoms with Crippen LogP contribution < -0.4 is 10.2 Å². The van der Waals surface area contributed by atoms with Crippen molar-refractivity contribution in [3.05, 3.63) is 29.3 Å². The van der Waals surface area contributed by atoms with E-state index in [-0.39, 0.29) is 11.9 Å². The van der Waals surface area contributed by atoms with Gasteiger partial charge in [0.05, 0.1) is 6.04 Å². The quantitative estimate of drug-likeness (QED) is 0.902. The molecule has 1 aromatic carbocycles. The topological polar surface area (TPSA) is 35.6 Å². The second kappa shape index (κ2) is 6.02. The second-order valence-electron chi connectivity index (χ2n) is 5.44. The van der Waals surface area contributed by atoms with Gasteiger partial charge in [-0.15, -0.1) is 0 Å². The number of halogens is 1. The van der Waals surface area contributed by atoms with E-state index >= 15 is 0 Å². The van der Waals surface area contributed by atoms with Gasteiger partial charge in [-0.05, 0) is 43.7 Å². The Morgan fingerprint density at radius 3 is 2.45 bits per heavy atom. The van der Waals surface area contributed by atoms with Crippen LogP contribution in [0, 0.1) is 0 Å². The Bertz CT molecular complexity index is 463. The molecule has 1 amide bonds. The van der Waals surface area contributed by atoms with E-state index in [2.05, 4.69) is 10.2 Å². The molecule has 108 valence electrons. The Morgan fingerprint density at radius 2 is 1.85 bits per heavy atom. The third kappa shape index (κ3) is 2.91. The van der Waals surface area contributed by atoms with Crippen LogP contribution in [-0.2, 0) is 4.79 Å². The molecule has 0 spiro atoms. The van der Waals surface area contributed by atoms with Crippen molar-refractivity contribution in [1.29, 1.82) is 0 Å². The first-order valence-corrected chi connectivity index (χ1v) is 7.64. The summed E-state index contributed by atoms with van der Waals surface area (Å²) < 4.78 is 0. The summed E-state index contributed by atoms with van der Waals surface area (Å²) in [6, 6.07) is 7.96. The van der Waals surface area contributed by atoms with Gasteiger partial charge in [0, 0.05) is 36.9 Å². The third-order valence-corrected chi connectivity index (χ3v) is 4.39. The molecule has 20 heavy (non-hydrogen) atoms. The lowest BCUT2D eigenvalue weighted by Gasteiger charge is -2.37. The first kappa shape index (κ1) is 13.7. The van der Waals surface area contributed by atoms with Gasteiger partial charge in [0.1, 0.15) is 0 Å². The van der Waals surface area contributed by atoms with E-state index in [4.69, 9.17) is 11.6 Å². The van der Waals surface area contributed by atoms with Crippen molar-refractivity contribution in [3.8, 4) is 0 Å². The summed E-state index contributed by atoms with van der Waals surface area (Å²) in [6.07, 6.45) is 2.09. The van der Waals surface area contributed by atoms with Crippen LogP contribution in [0.25, 0.3) is 0 Å². The van der Waals surface area contributed by atoms with Gasteiger partial charge in [0.2, 0.25) is 5.91 Å². The monoisotopic (exact) mass is 293 g/mol. The van der Waals surface area contributed by atoms with Gasteiger partial charge in [-0.2, -0.15) is 0 Å². The van der Waals surface area contributed by atoms with E-state index in [0.717, 1.165) is 50.6 Å². The van der Waals surface area contributed by atoms with Crippen molar-refractivity contribution in [1.82, 2.24) is 10.2 Å². The second-order valence-corrected chi connectivity index (χ2v) is 5.87. The van der Waals surface area contributed by atoms with E-state index in [1.54, 1.807) is 0 Å². The van der Waals surface area contributed by atoms with Crippen molar-refractivity contribution in [2.75, 3.05) is 37.6 Å². The number of nitrogens with zero attached hydrogens (tertiary/aromatic N) is 2. The first-order chi connectivity index (χ1) is 9.74. The predicted molar refractivity (Wildman–Crippen MR) is 81.3 cm³/mol. The Kier molecular flexibility index (Phi) is 4.13. The average molecular weight is 294 g/mol. The van der Waals surface area contributed by atoms with Crippen LogP contribution in [-0.4, -0.2) is 49.6 Å². The van der Waals surface area contributed by atoms with Crippen molar-refractivity contribution in [3.63, 3.8) is 0 Å². The minimum absolute atomic E-state index is 0.0529. The summed E-state index contributed by atoms with van der Waals surface area (Å²) in [7, 11) is 0. The minimum Gasteiger partial charge on any atom is -0.368 e. The lowest BCUT2D eigenvalue weighted by atomic mass is 10.1. The highest BCUT2D eigenvalue weighted by molar-refractivity contribution is 6.30. The molecule has 0 saturated carbocycles.